The number of rotatable bonds is 7. The number of nitrogens with zero attached hydrogens (tertiary/aromatic N) is 3. The van der Waals surface area contributed by atoms with Gasteiger partial charge in [0.1, 0.15) is 17.5 Å². The Morgan fingerprint density at radius 3 is 2.50 bits per heavy atom. The third kappa shape index (κ3) is 4.14. The van der Waals surface area contributed by atoms with Crippen molar-refractivity contribution in [3.05, 3.63) is 102 Å². The lowest BCUT2D eigenvalue weighted by molar-refractivity contribution is 0.0697. The molecular weight excluding hydrogens is 476 g/mol. The van der Waals surface area contributed by atoms with Crippen LogP contribution in [-0.4, -0.2) is 40.0 Å². The summed E-state index contributed by atoms with van der Waals surface area (Å²) >= 11 is 5.86. The fourth-order valence-electron chi connectivity index (χ4n) is 4.53. The van der Waals surface area contributed by atoms with Crippen molar-refractivity contribution in [3.8, 4) is 17.2 Å². The number of aromatic nitrogens is 2. The van der Waals surface area contributed by atoms with Crippen LogP contribution in [0.5, 0.6) is 11.5 Å². The standard InChI is InChI=1S/C27H24N4O4S/c1-34-19-12-13-23(35-2)22(16-19)31-25(24(29-27(31)36)20-6-3-4-14-28-20)21-7-5-15-30(21)18-10-8-17(9-11-18)26(32)33/h3-16,24-25H,1-2H3,(H,29,36)(H,32,33)/t24-,25+/m0/s1. The van der Waals surface area contributed by atoms with E-state index >= 15 is 0 Å². The highest BCUT2D eigenvalue weighted by Gasteiger charge is 2.43. The van der Waals surface area contributed by atoms with Gasteiger partial charge in [-0.15, -0.1) is 0 Å². The highest BCUT2D eigenvalue weighted by molar-refractivity contribution is 7.80. The highest BCUT2D eigenvalue weighted by atomic mass is 32.1. The van der Waals surface area contributed by atoms with Crippen LogP contribution >= 0.6 is 12.2 Å². The quantitative estimate of drug-likeness (QED) is 0.351. The van der Waals surface area contributed by atoms with Crippen molar-refractivity contribution in [1.82, 2.24) is 14.9 Å². The number of benzene rings is 2. The first-order valence-corrected chi connectivity index (χ1v) is 11.7. The number of carboxylic acids is 1. The summed E-state index contributed by atoms with van der Waals surface area (Å²) in [6.45, 7) is 0. The molecule has 1 aliphatic rings. The molecule has 9 heteroatoms. The predicted octanol–water partition coefficient (Wildman–Crippen LogP) is 4.76. The fraction of sp³-hybridized carbons (Fsp3) is 0.148. The second-order valence-electron chi connectivity index (χ2n) is 8.19. The van der Waals surface area contributed by atoms with Crippen LogP contribution in [-0.2, 0) is 0 Å². The zero-order valence-electron chi connectivity index (χ0n) is 19.7. The number of methoxy groups -OCH3 is 2. The van der Waals surface area contributed by atoms with E-state index in [0.717, 1.165) is 22.8 Å². The Hall–Kier alpha value is -4.37. The lowest BCUT2D eigenvalue weighted by Gasteiger charge is -2.30. The van der Waals surface area contributed by atoms with Crippen LogP contribution in [0.25, 0.3) is 5.69 Å². The Morgan fingerprint density at radius 2 is 1.83 bits per heavy atom. The Morgan fingerprint density at radius 1 is 1.03 bits per heavy atom. The molecular formula is C27H24N4O4S. The van der Waals surface area contributed by atoms with E-state index in [9.17, 15) is 9.90 Å². The summed E-state index contributed by atoms with van der Waals surface area (Å²) in [6, 6.07) is 21.6. The summed E-state index contributed by atoms with van der Waals surface area (Å²) in [6.07, 6.45) is 3.71. The van der Waals surface area contributed by atoms with Crippen LogP contribution in [0.15, 0.2) is 85.2 Å². The fourth-order valence-corrected chi connectivity index (χ4v) is 4.87. The van der Waals surface area contributed by atoms with E-state index in [2.05, 4.69) is 10.3 Å². The van der Waals surface area contributed by atoms with Gasteiger partial charge in [0.15, 0.2) is 5.11 Å². The topological polar surface area (TPSA) is 88.9 Å². The summed E-state index contributed by atoms with van der Waals surface area (Å²) < 4.78 is 13.2. The molecule has 3 heterocycles. The van der Waals surface area contributed by atoms with Gasteiger partial charge in [-0.1, -0.05) is 6.07 Å². The van der Waals surface area contributed by atoms with Crippen molar-refractivity contribution in [1.29, 1.82) is 0 Å². The van der Waals surface area contributed by atoms with Gasteiger partial charge in [-0.2, -0.15) is 0 Å². The molecule has 36 heavy (non-hydrogen) atoms. The number of aromatic carboxylic acids is 1. The number of carboxylic acid groups (broad SMARTS) is 1. The lowest BCUT2D eigenvalue weighted by Crippen LogP contribution is -2.30. The number of hydrogen-bond donors (Lipinski definition) is 2. The smallest absolute Gasteiger partial charge is 0.335 e. The van der Waals surface area contributed by atoms with E-state index in [1.165, 1.54) is 0 Å². The minimum Gasteiger partial charge on any atom is -0.497 e. The first-order valence-electron chi connectivity index (χ1n) is 11.3. The number of hydrogen-bond acceptors (Lipinski definition) is 5. The summed E-state index contributed by atoms with van der Waals surface area (Å²) in [5.41, 5.74) is 3.58. The van der Waals surface area contributed by atoms with E-state index < -0.39 is 5.97 Å². The average Bonchev–Trinajstić information content (AvgIpc) is 3.53. The molecule has 4 aromatic rings. The third-order valence-electron chi connectivity index (χ3n) is 6.22. The number of nitrogens with one attached hydrogen (secondary N) is 1. The van der Waals surface area contributed by atoms with Crippen LogP contribution in [0.1, 0.15) is 33.8 Å². The van der Waals surface area contributed by atoms with Crippen LogP contribution in [0, 0.1) is 0 Å². The number of carbonyl (C=O) groups is 1. The summed E-state index contributed by atoms with van der Waals surface area (Å²) in [4.78, 5) is 18.0. The van der Waals surface area contributed by atoms with Crippen molar-refractivity contribution in [2.24, 2.45) is 0 Å². The number of ether oxygens (including phenoxy) is 2. The van der Waals surface area contributed by atoms with Gasteiger partial charge < -0.3 is 29.4 Å². The molecule has 2 N–H and O–H groups in total. The molecule has 2 aromatic heterocycles. The molecule has 0 unspecified atom stereocenters. The van der Waals surface area contributed by atoms with E-state index in [1.54, 1.807) is 44.7 Å². The lowest BCUT2D eigenvalue weighted by atomic mass is 10.0. The SMILES string of the molecule is COc1ccc(OC)c(N2C(=S)N[C@@H](c3ccccn3)[C@H]2c2cccn2-c2ccc(C(=O)O)cc2)c1. The maximum atomic E-state index is 11.4. The van der Waals surface area contributed by atoms with E-state index in [4.69, 9.17) is 21.7 Å². The normalized spacial score (nSPS) is 17.1. The molecule has 0 bridgehead atoms. The highest BCUT2D eigenvalue weighted by Crippen LogP contribution is 2.46. The van der Waals surface area contributed by atoms with Gasteiger partial charge in [-0.3, -0.25) is 4.98 Å². The van der Waals surface area contributed by atoms with E-state index in [0.29, 0.717) is 16.6 Å². The third-order valence-corrected chi connectivity index (χ3v) is 6.53. The summed E-state index contributed by atoms with van der Waals surface area (Å²) in [5, 5.41) is 13.3. The van der Waals surface area contributed by atoms with Crippen LogP contribution in [0.4, 0.5) is 5.69 Å². The molecule has 2 aromatic carbocycles. The zero-order valence-corrected chi connectivity index (χ0v) is 20.5. The summed E-state index contributed by atoms with van der Waals surface area (Å²) in [7, 11) is 3.24. The Balaban J connectivity index is 1.68. The van der Waals surface area contributed by atoms with Crippen molar-refractivity contribution in [2.45, 2.75) is 12.1 Å². The van der Waals surface area contributed by atoms with Crippen molar-refractivity contribution in [3.63, 3.8) is 0 Å². The van der Waals surface area contributed by atoms with Gasteiger partial charge in [0.2, 0.25) is 0 Å². The van der Waals surface area contributed by atoms with Crippen LogP contribution < -0.4 is 19.7 Å². The van der Waals surface area contributed by atoms with Gasteiger partial charge in [0, 0.05) is 29.8 Å². The Labute approximate surface area is 213 Å². The predicted molar refractivity (Wildman–Crippen MR) is 140 cm³/mol. The van der Waals surface area contributed by atoms with Gasteiger partial charge >= 0.3 is 5.97 Å². The van der Waals surface area contributed by atoms with Gasteiger partial charge in [0.25, 0.3) is 0 Å². The summed E-state index contributed by atoms with van der Waals surface area (Å²) in [5.74, 6) is 0.356. The maximum Gasteiger partial charge on any atom is 0.335 e. The molecule has 0 amide bonds. The Bertz CT molecular complexity index is 1410. The first kappa shape index (κ1) is 23.4. The molecule has 8 nitrogen and oxygen atoms in total. The molecule has 0 saturated carbocycles. The second kappa shape index (κ2) is 9.71. The molecule has 1 fully saturated rings. The molecule has 2 atom stereocenters. The molecule has 1 aliphatic heterocycles. The second-order valence-corrected chi connectivity index (χ2v) is 8.58. The van der Waals surface area contributed by atoms with Gasteiger partial charge in [-0.25, -0.2) is 4.79 Å². The molecule has 0 spiro atoms. The van der Waals surface area contributed by atoms with E-state index in [1.807, 2.05) is 64.2 Å². The van der Waals surface area contributed by atoms with Crippen molar-refractivity contribution >= 4 is 29.0 Å². The minimum absolute atomic E-state index is 0.227. The van der Waals surface area contributed by atoms with Crippen molar-refractivity contribution in [2.75, 3.05) is 19.1 Å². The van der Waals surface area contributed by atoms with Crippen molar-refractivity contribution < 1.29 is 19.4 Å². The number of pyridine rings is 1. The molecule has 0 radical (unpaired) electrons. The first-order chi connectivity index (χ1) is 17.5. The average molecular weight is 501 g/mol. The zero-order chi connectivity index (χ0) is 25.2. The minimum atomic E-state index is -0.967. The maximum absolute atomic E-state index is 11.4. The molecule has 0 aliphatic carbocycles. The largest absolute Gasteiger partial charge is 0.497 e. The molecule has 182 valence electrons. The molecule has 5 rings (SSSR count). The monoisotopic (exact) mass is 500 g/mol. The van der Waals surface area contributed by atoms with E-state index in [-0.39, 0.29) is 17.6 Å². The van der Waals surface area contributed by atoms with Crippen LogP contribution in [0.3, 0.4) is 0 Å². The van der Waals surface area contributed by atoms with Crippen LogP contribution in [0.2, 0.25) is 0 Å². The number of thiocarbonyl (C=S) groups is 1. The number of anilines is 1. The van der Waals surface area contributed by atoms with Gasteiger partial charge in [0.05, 0.1) is 37.2 Å². The molecule has 1 saturated heterocycles. The Kier molecular flexibility index (Phi) is 6.30. The van der Waals surface area contributed by atoms with Gasteiger partial charge in [-0.05, 0) is 72.9 Å².